The first-order chi connectivity index (χ1) is 11.2. The minimum atomic E-state index is -0.463. The van der Waals surface area contributed by atoms with Crippen LogP contribution in [0, 0.1) is 28.6 Å². The van der Waals surface area contributed by atoms with Gasteiger partial charge in [0.05, 0.1) is 12.5 Å². The minimum absolute atomic E-state index is 0.119. The van der Waals surface area contributed by atoms with Gasteiger partial charge in [-0.05, 0) is 25.7 Å². The molecule has 4 aliphatic rings. The number of esters is 2. The van der Waals surface area contributed by atoms with E-state index in [0.717, 1.165) is 12.8 Å². The van der Waals surface area contributed by atoms with Gasteiger partial charge in [-0.25, -0.2) is 4.79 Å². The van der Waals surface area contributed by atoms with Crippen LogP contribution in [0.2, 0.25) is 0 Å². The van der Waals surface area contributed by atoms with Crippen LogP contribution < -0.4 is 0 Å². The molecule has 1 aliphatic heterocycles. The van der Waals surface area contributed by atoms with E-state index < -0.39 is 17.5 Å². The van der Waals surface area contributed by atoms with Crippen molar-refractivity contribution in [1.29, 1.82) is 0 Å². The summed E-state index contributed by atoms with van der Waals surface area (Å²) in [6, 6.07) is 0. The number of carbonyl (C=O) groups is 2. The van der Waals surface area contributed by atoms with Gasteiger partial charge in [0.2, 0.25) is 0 Å². The Morgan fingerprint density at radius 2 is 2.00 bits per heavy atom. The van der Waals surface area contributed by atoms with Crippen molar-refractivity contribution >= 4 is 11.9 Å². The molecule has 6 atom stereocenters. The van der Waals surface area contributed by atoms with Gasteiger partial charge < -0.3 is 14.2 Å². The first-order valence-corrected chi connectivity index (χ1v) is 8.76. The Morgan fingerprint density at radius 1 is 1.33 bits per heavy atom. The molecule has 3 aliphatic carbocycles. The van der Waals surface area contributed by atoms with Crippen LogP contribution in [-0.2, 0) is 23.8 Å². The summed E-state index contributed by atoms with van der Waals surface area (Å²) in [7, 11) is 1.67. The number of hydrogen-bond acceptors (Lipinski definition) is 5. The number of methoxy groups -OCH3 is 1. The minimum Gasteiger partial charge on any atom is -0.465 e. The molecule has 0 radical (unpaired) electrons. The second kappa shape index (κ2) is 5.58. The molecule has 0 N–H and O–H groups in total. The fraction of sp³-hybridized carbons (Fsp3) is 0.789. The van der Waals surface area contributed by atoms with Crippen LogP contribution in [0.25, 0.3) is 0 Å². The molecular weight excluding hydrogens is 308 g/mol. The van der Waals surface area contributed by atoms with Gasteiger partial charge in [0.15, 0.2) is 0 Å². The normalized spacial score (nSPS) is 43.5. The summed E-state index contributed by atoms with van der Waals surface area (Å²) in [6.45, 7) is 12.1. The Hall–Kier alpha value is -1.36. The Bertz CT molecular complexity index is 582. The van der Waals surface area contributed by atoms with Gasteiger partial charge in [0, 0.05) is 29.4 Å². The summed E-state index contributed by atoms with van der Waals surface area (Å²) in [5.74, 6) is -0.396. The summed E-state index contributed by atoms with van der Waals surface area (Å²) in [5, 5.41) is 0. The molecule has 6 unspecified atom stereocenters. The molecule has 4 rings (SSSR count). The quantitative estimate of drug-likeness (QED) is 0.583. The van der Waals surface area contributed by atoms with Crippen molar-refractivity contribution in [2.75, 3.05) is 13.7 Å². The van der Waals surface area contributed by atoms with E-state index in [-0.39, 0.29) is 29.3 Å². The molecule has 0 amide bonds. The van der Waals surface area contributed by atoms with Gasteiger partial charge in [-0.2, -0.15) is 0 Å². The first kappa shape index (κ1) is 17.5. The van der Waals surface area contributed by atoms with Crippen LogP contribution in [0.5, 0.6) is 0 Å². The SMILES string of the molecule is C=C(C)C(=O)OC1C(OC)C2(C(C)C)CCC1(C)C1C(=O)OCC12. The van der Waals surface area contributed by atoms with Gasteiger partial charge in [-0.3, -0.25) is 4.79 Å². The lowest BCUT2D eigenvalue weighted by Crippen LogP contribution is -2.71. The maximum absolute atomic E-state index is 12.5. The number of cyclic esters (lactones) is 1. The second-order valence-corrected chi connectivity index (χ2v) is 8.25. The average Bonchev–Trinajstić information content (AvgIpc) is 2.92. The number of fused-ring (bicyclic) bond motifs is 2. The molecule has 0 aromatic heterocycles. The van der Waals surface area contributed by atoms with Crippen molar-refractivity contribution in [3.8, 4) is 0 Å². The van der Waals surface area contributed by atoms with E-state index in [4.69, 9.17) is 14.2 Å². The molecule has 1 heterocycles. The van der Waals surface area contributed by atoms with Crippen LogP contribution in [-0.4, -0.2) is 37.9 Å². The average molecular weight is 336 g/mol. The number of carbonyl (C=O) groups excluding carboxylic acids is 2. The largest absolute Gasteiger partial charge is 0.465 e. The molecule has 134 valence electrons. The highest BCUT2D eigenvalue weighted by atomic mass is 16.6. The smallest absolute Gasteiger partial charge is 0.333 e. The maximum Gasteiger partial charge on any atom is 0.333 e. The zero-order valence-corrected chi connectivity index (χ0v) is 15.3. The molecule has 3 saturated carbocycles. The van der Waals surface area contributed by atoms with Crippen LogP contribution in [0.3, 0.4) is 0 Å². The number of ether oxygens (including phenoxy) is 3. The third kappa shape index (κ3) is 2.03. The molecule has 5 nitrogen and oxygen atoms in total. The zero-order valence-electron chi connectivity index (χ0n) is 15.3. The maximum atomic E-state index is 12.5. The predicted molar refractivity (Wildman–Crippen MR) is 88.0 cm³/mol. The van der Waals surface area contributed by atoms with E-state index in [0.29, 0.717) is 18.1 Å². The highest BCUT2D eigenvalue weighted by Crippen LogP contribution is 2.68. The lowest BCUT2D eigenvalue weighted by Gasteiger charge is -2.65. The van der Waals surface area contributed by atoms with Crippen molar-refractivity contribution in [3.63, 3.8) is 0 Å². The fourth-order valence-electron chi connectivity index (χ4n) is 5.64. The fourth-order valence-corrected chi connectivity index (χ4v) is 5.64. The van der Waals surface area contributed by atoms with Crippen LogP contribution >= 0.6 is 0 Å². The molecule has 2 bridgehead atoms. The molecule has 0 aromatic rings. The summed E-state index contributed by atoms with van der Waals surface area (Å²) >= 11 is 0. The first-order valence-electron chi connectivity index (χ1n) is 8.76. The lowest BCUT2D eigenvalue weighted by atomic mass is 9.41. The van der Waals surface area contributed by atoms with E-state index in [1.165, 1.54) is 0 Å². The molecule has 24 heavy (non-hydrogen) atoms. The van der Waals surface area contributed by atoms with E-state index in [9.17, 15) is 9.59 Å². The molecular formula is C19H28O5. The van der Waals surface area contributed by atoms with Gasteiger partial charge in [-0.15, -0.1) is 0 Å². The molecule has 5 heteroatoms. The van der Waals surface area contributed by atoms with Crippen molar-refractivity contribution in [2.45, 2.75) is 52.7 Å². The molecule has 0 spiro atoms. The van der Waals surface area contributed by atoms with Gasteiger partial charge in [0.1, 0.15) is 12.2 Å². The van der Waals surface area contributed by atoms with Crippen molar-refractivity contribution in [3.05, 3.63) is 12.2 Å². The van der Waals surface area contributed by atoms with Gasteiger partial charge >= 0.3 is 11.9 Å². The van der Waals surface area contributed by atoms with E-state index in [1.54, 1.807) is 14.0 Å². The second-order valence-electron chi connectivity index (χ2n) is 8.25. The Labute approximate surface area is 143 Å². The standard InChI is InChI=1S/C19H28O5/c1-10(2)16(20)24-14-15(22-6)19(11(3)4)8-7-18(14,5)13-12(19)9-23-17(13)21/h11-15H,1,7-9H2,2-6H3. The third-order valence-corrected chi connectivity index (χ3v) is 6.92. The monoisotopic (exact) mass is 336 g/mol. The predicted octanol–water partition coefficient (Wildman–Crippen LogP) is 2.73. The van der Waals surface area contributed by atoms with E-state index in [1.807, 2.05) is 6.92 Å². The van der Waals surface area contributed by atoms with Crippen molar-refractivity contribution in [1.82, 2.24) is 0 Å². The zero-order chi connectivity index (χ0) is 17.9. The van der Waals surface area contributed by atoms with E-state index in [2.05, 4.69) is 20.4 Å². The highest BCUT2D eigenvalue weighted by Gasteiger charge is 2.73. The van der Waals surface area contributed by atoms with Crippen LogP contribution in [0.4, 0.5) is 0 Å². The molecule has 4 fully saturated rings. The van der Waals surface area contributed by atoms with E-state index >= 15 is 0 Å². The van der Waals surface area contributed by atoms with Gasteiger partial charge in [-0.1, -0.05) is 27.4 Å². The van der Waals surface area contributed by atoms with Gasteiger partial charge in [0.25, 0.3) is 0 Å². The highest BCUT2D eigenvalue weighted by molar-refractivity contribution is 5.87. The summed E-state index contributed by atoms with van der Waals surface area (Å²) in [5.41, 5.74) is -0.316. The Morgan fingerprint density at radius 3 is 2.54 bits per heavy atom. The molecule has 1 saturated heterocycles. The van der Waals surface area contributed by atoms with Crippen molar-refractivity contribution < 1.29 is 23.8 Å². The van der Waals surface area contributed by atoms with Crippen LogP contribution in [0.1, 0.15) is 40.5 Å². The Balaban J connectivity index is 2.10. The summed E-state index contributed by atoms with van der Waals surface area (Å²) in [4.78, 5) is 24.8. The lowest BCUT2D eigenvalue weighted by molar-refractivity contribution is -0.266. The van der Waals surface area contributed by atoms with Crippen LogP contribution in [0.15, 0.2) is 12.2 Å². The number of hydrogen-bond donors (Lipinski definition) is 0. The number of rotatable bonds is 4. The topological polar surface area (TPSA) is 61.8 Å². The third-order valence-electron chi connectivity index (χ3n) is 6.92. The summed E-state index contributed by atoms with van der Waals surface area (Å²) < 4.78 is 17.2. The summed E-state index contributed by atoms with van der Waals surface area (Å²) in [6.07, 6.45) is 1.08. The molecule has 0 aromatic carbocycles. The van der Waals surface area contributed by atoms with Crippen molar-refractivity contribution in [2.24, 2.45) is 28.6 Å². The Kier molecular flexibility index (Phi) is 4.06.